The Kier molecular flexibility index (Phi) is 6.27. The van der Waals surface area contributed by atoms with Crippen LogP contribution in [-0.4, -0.2) is 50.8 Å². The van der Waals surface area contributed by atoms with Crippen LogP contribution in [0.1, 0.15) is 62.6 Å². The molecule has 0 spiro atoms. The van der Waals surface area contributed by atoms with E-state index in [0.717, 1.165) is 40.9 Å². The third kappa shape index (κ3) is 3.75. The number of aryl methyl sites for hydroxylation is 1. The molecule has 2 heterocycles. The van der Waals surface area contributed by atoms with Gasteiger partial charge in [0.15, 0.2) is 23.5 Å². The van der Waals surface area contributed by atoms with Gasteiger partial charge in [0.2, 0.25) is 0 Å². The molecule has 4 aliphatic carbocycles. The van der Waals surface area contributed by atoms with Gasteiger partial charge in [-0.05, 0) is 73.4 Å². The smallest absolute Gasteiger partial charge is 0.193 e. The monoisotopic (exact) mass is 572 g/mol. The molecule has 0 amide bonds. The zero-order valence-electron chi connectivity index (χ0n) is 24.5. The molecule has 2 aromatic rings. The minimum atomic E-state index is -1.36. The van der Waals surface area contributed by atoms with Gasteiger partial charge in [0, 0.05) is 53.4 Å². The summed E-state index contributed by atoms with van der Waals surface area (Å²) in [5.41, 5.74) is 8.21. The molecule has 5 aliphatic rings. The van der Waals surface area contributed by atoms with Crippen molar-refractivity contribution in [2.45, 2.75) is 70.1 Å². The number of aromatic nitrogens is 1. The molecule has 1 aliphatic heterocycles. The third-order valence-corrected chi connectivity index (χ3v) is 11.6. The number of Topliss-reactive ketones (excluding diaryl/α,β-unsaturated/α-hetero) is 1. The minimum absolute atomic E-state index is 0.00401. The highest BCUT2D eigenvalue weighted by Gasteiger charge is 2.75. The highest BCUT2D eigenvalue weighted by atomic mass is 16.7. The molecule has 4 fully saturated rings. The molecule has 1 aromatic heterocycles. The van der Waals surface area contributed by atoms with Crippen LogP contribution < -0.4 is 5.73 Å². The Morgan fingerprint density at radius 2 is 1.98 bits per heavy atom. The van der Waals surface area contributed by atoms with Crippen LogP contribution in [0.5, 0.6) is 0 Å². The van der Waals surface area contributed by atoms with Crippen LogP contribution >= 0.6 is 0 Å². The molecule has 8 nitrogen and oxygen atoms in total. The number of hydrogen-bond acceptors (Lipinski definition) is 7. The van der Waals surface area contributed by atoms with E-state index in [-0.39, 0.29) is 29.3 Å². The molecule has 9 atom stereocenters. The number of nitrogens with two attached hydrogens (primary N) is 1. The number of hydrogen-bond donors (Lipinski definition) is 3. The van der Waals surface area contributed by atoms with Crippen molar-refractivity contribution >= 4 is 17.3 Å². The first-order chi connectivity index (χ1) is 20.0. The lowest BCUT2D eigenvalue weighted by Gasteiger charge is -2.59. The van der Waals surface area contributed by atoms with Crippen LogP contribution in [0.4, 0.5) is 5.69 Å². The molecular formula is C34H40N2O6. The largest absolute Gasteiger partial charge is 0.399 e. The van der Waals surface area contributed by atoms with Crippen molar-refractivity contribution in [3.8, 4) is 0 Å². The number of ketones is 2. The zero-order valence-corrected chi connectivity index (χ0v) is 24.5. The number of aliphatic hydroxyl groups is 2. The standard InChI is InChI=1S/C34H40N2O6/c1-32-11-10-24(38)14-21(32)6-9-25-26-15-29-34(28(40)18-37,33(26,2)16-27(39)30(25)32)42-31(41-29)20-13-23(36(3)17-20)12-19-4-7-22(35)8-5-19/h4-5,7-8,10-11,13-14,17,25-27,29-31,37,39H,6,9,12,15-16,18,35H2,1-3H3/t25-,26-,27-,29+,30+,31+,32-,33-,34+/m0/s1. The molecule has 42 heavy (non-hydrogen) atoms. The Balaban J connectivity index is 1.20. The first kappa shape index (κ1) is 27.8. The van der Waals surface area contributed by atoms with Gasteiger partial charge in [0.1, 0.15) is 6.61 Å². The molecule has 0 bridgehead atoms. The van der Waals surface area contributed by atoms with Crippen molar-refractivity contribution in [3.05, 3.63) is 77.2 Å². The predicted molar refractivity (Wildman–Crippen MR) is 156 cm³/mol. The zero-order chi connectivity index (χ0) is 29.6. The fourth-order valence-electron chi connectivity index (χ4n) is 9.62. The Hall–Kier alpha value is -3.04. The number of benzene rings is 1. The van der Waals surface area contributed by atoms with Gasteiger partial charge in [0.05, 0.1) is 12.2 Å². The molecule has 222 valence electrons. The summed E-state index contributed by atoms with van der Waals surface area (Å²) in [6, 6.07) is 9.86. The van der Waals surface area contributed by atoms with E-state index in [2.05, 4.69) is 19.9 Å². The van der Waals surface area contributed by atoms with Crippen LogP contribution in [0.15, 0.2) is 60.3 Å². The quantitative estimate of drug-likeness (QED) is 0.466. The van der Waals surface area contributed by atoms with E-state index in [1.165, 1.54) is 0 Å². The summed E-state index contributed by atoms with van der Waals surface area (Å²) in [7, 11) is 1.98. The lowest BCUT2D eigenvalue weighted by molar-refractivity contribution is -0.201. The van der Waals surface area contributed by atoms with Crippen LogP contribution in [0, 0.1) is 28.6 Å². The summed E-state index contributed by atoms with van der Waals surface area (Å²) in [4.78, 5) is 25.9. The first-order valence-corrected chi connectivity index (χ1v) is 15.1. The number of nitrogen functional groups attached to an aromatic ring is 1. The fraction of sp³-hybridized carbons (Fsp3) is 0.529. The number of fused-ring (bicyclic) bond motifs is 7. The van der Waals surface area contributed by atoms with Gasteiger partial charge in [-0.3, -0.25) is 9.59 Å². The SMILES string of the molecule is Cn1cc([C@@H]2O[C@@H]3C[C@H]4[C@@H]5CCC6=CC(=O)C=C[C@]6(C)[C@H]5[C@@H](O)C[C@]4(C)[C@]3(C(=O)CO)O2)cc1Cc1ccc(N)cc1. The minimum Gasteiger partial charge on any atom is -0.399 e. The van der Waals surface area contributed by atoms with E-state index in [0.29, 0.717) is 19.3 Å². The normalized spacial score (nSPS) is 40.2. The molecule has 1 aromatic carbocycles. The average molecular weight is 573 g/mol. The molecule has 0 unspecified atom stereocenters. The summed E-state index contributed by atoms with van der Waals surface area (Å²) in [6.45, 7) is 3.54. The van der Waals surface area contributed by atoms with Gasteiger partial charge in [-0.1, -0.05) is 37.6 Å². The Morgan fingerprint density at radius 1 is 1.21 bits per heavy atom. The number of ether oxygens (including phenoxy) is 2. The van der Waals surface area contributed by atoms with Crippen molar-refractivity contribution in [1.29, 1.82) is 0 Å². The van der Waals surface area contributed by atoms with Gasteiger partial charge < -0.3 is 30.0 Å². The van der Waals surface area contributed by atoms with Gasteiger partial charge in [-0.2, -0.15) is 0 Å². The maximum atomic E-state index is 13.8. The summed E-state index contributed by atoms with van der Waals surface area (Å²) in [5, 5.41) is 22.1. The van der Waals surface area contributed by atoms with Crippen LogP contribution in [0.25, 0.3) is 0 Å². The average Bonchev–Trinajstić information content (AvgIpc) is 3.59. The van der Waals surface area contributed by atoms with Crippen molar-refractivity contribution in [3.63, 3.8) is 0 Å². The van der Waals surface area contributed by atoms with Crippen LogP contribution in [-0.2, 0) is 32.5 Å². The maximum absolute atomic E-state index is 13.8. The van der Waals surface area contributed by atoms with Gasteiger partial charge in [-0.25, -0.2) is 0 Å². The maximum Gasteiger partial charge on any atom is 0.193 e. The predicted octanol–water partition coefficient (Wildman–Crippen LogP) is 3.80. The second kappa shape index (κ2) is 9.48. The molecule has 1 saturated heterocycles. The Bertz CT molecular complexity index is 1510. The number of allylic oxidation sites excluding steroid dienone is 4. The topological polar surface area (TPSA) is 124 Å². The van der Waals surface area contributed by atoms with Crippen LogP contribution in [0.3, 0.4) is 0 Å². The number of anilines is 1. The molecule has 3 saturated carbocycles. The second-order valence-corrected chi connectivity index (χ2v) is 13.6. The van der Waals surface area contributed by atoms with Gasteiger partial charge >= 0.3 is 0 Å². The summed E-state index contributed by atoms with van der Waals surface area (Å²) in [6.07, 6.45) is 8.65. The molecule has 8 heteroatoms. The van der Waals surface area contributed by atoms with E-state index >= 15 is 0 Å². The molecular weight excluding hydrogens is 532 g/mol. The molecule has 4 N–H and O–H groups in total. The van der Waals surface area contributed by atoms with Crippen molar-refractivity contribution in [2.24, 2.45) is 35.6 Å². The first-order valence-electron chi connectivity index (χ1n) is 15.1. The van der Waals surface area contributed by atoms with E-state index < -0.39 is 41.5 Å². The Labute approximate surface area is 246 Å². The van der Waals surface area contributed by atoms with Crippen LogP contribution in [0.2, 0.25) is 0 Å². The molecule has 0 radical (unpaired) electrons. The van der Waals surface area contributed by atoms with Crippen molar-refractivity contribution < 1.29 is 29.3 Å². The number of rotatable bonds is 5. The van der Waals surface area contributed by atoms with E-state index in [9.17, 15) is 19.8 Å². The van der Waals surface area contributed by atoms with Gasteiger partial charge in [-0.15, -0.1) is 0 Å². The summed E-state index contributed by atoms with van der Waals surface area (Å²) < 4.78 is 15.4. The number of nitrogens with zero attached hydrogens (tertiary/aromatic N) is 1. The lowest BCUT2D eigenvalue weighted by atomic mass is 9.46. The highest BCUT2D eigenvalue weighted by Crippen LogP contribution is 2.70. The summed E-state index contributed by atoms with van der Waals surface area (Å²) in [5.74, 6) is -0.255. The number of carbonyl (C=O) groups is 2. The fourth-order valence-corrected chi connectivity index (χ4v) is 9.62. The second-order valence-electron chi connectivity index (χ2n) is 13.6. The summed E-state index contributed by atoms with van der Waals surface area (Å²) >= 11 is 0. The number of carbonyl (C=O) groups excluding carboxylic acids is 2. The molecule has 7 rings (SSSR count). The third-order valence-electron chi connectivity index (χ3n) is 11.6. The number of aliphatic hydroxyl groups excluding tert-OH is 2. The highest BCUT2D eigenvalue weighted by molar-refractivity contribution is 6.01. The Morgan fingerprint density at radius 3 is 2.71 bits per heavy atom. The van der Waals surface area contributed by atoms with Gasteiger partial charge in [0.25, 0.3) is 0 Å². The van der Waals surface area contributed by atoms with E-state index in [1.807, 2.05) is 48.2 Å². The van der Waals surface area contributed by atoms with E-state index in [4.69, 9.17) is 15.2 Å². The van der Waals surface area contributed by atoms with Crippen molar-refractivity contribution in [1.82, 2.24) is 4.57 Å². The van der Waals surface area contributed by atoms with E-state index in [1.54, 1.807) is 12.2 Å². The van der Waals surface area contributed by atoms with Crippen molar-refractivity contribution in [2.75, 3.05) is 12.3 Å². The lowest BCUT2D eigenvalue weighted by Crippen LogP contribution is -2.63.